The van der Waals surface area contributed by atoms with Crippen LogP contribution in [-0.2, 0) is 16.1 Å². The van der Waals surface area contributed by atoms with Crippen LogP contribution in [0.5, 0.6) is 0 Å². The maximum Gasteiger partial charge on any atom is 0.209 e. The van der Waals surface area contributed by atoms with Gasteiger partial charge in [-0.1, -0.05) is 41.6 Å². The second-order valence-corrected chi connectivity index (χ2v) is 5.96. The Morgan fingerprint density at radius 1 is 1.36 bits per heavy atom. The van der Waals surface area contributed by atoms with E-state index in [0.29, 0.717) is 5.76 Å². The molecule has 1 aromatic rings. The highest BCUT2D eigenvalue weighted by atomic mass is 16.6. The van der Waals surface area contributed by atoms with Gasteiger partial charge in [0.05, 0.1) is 5.71 Å². The number of allylic oxidation sites excluding steroid dienone is 1. The molecule has 1 heterocycles. The third-order valence-electron chi connectivity index (χ3n) is 4.03. The molecule has 1 aliphatic rings. The fourth-order valence-corrected chi connectivity index (χ4v) is 2.57. The van der Waals surface area contributed by atoms with Crippen molar-refractivity contribution < 1.29 is 9.63 Å². The first-order valence-electron chi connectivity index (χ1n) is 7.72. The topological polar surface area (TPSA) is 41.9 Å². The van der Waals surface area contributed by atoms with Crippen LogP contribution >= 0.6 is 0 Å². The summed E-state index contributed by atoms with van der Waals surface area (Å²) in [7, 11) is 0. The number of piperidine rings is 1. The van der Waals surface area contributed by atoms with Crippen LogP contribution in [-0.4, -0.2) is 30.1 Å². The number of benzene rings is 1. The molecule has 4 nitrogen and oxygen atoms in total. The van der Waals surface area contributed by atoms with E-state index >= 15 is 0 Å². The average Bonchev–Trinajstić information content (AvgIpc) is 2.55. The Morgan fingerprint density at radius 3 is 2.59 bits per heavy atom. The Balaban J connectivity index is 1.81. The number of aryl methyl sites for hydroxylation is 1. The SMILES string of the molecule is C=C(O/N=C(\C)Cc1ccc(C)cc1)C1CCN(C=O)CC1. The van der Waals surface area contributed by atoms with Crippen LogP contribution in [0.1, 0.15) is 30.9 Å². The largest absolute Gasteiger partial charge is 0.362 e. The van der Waals surface area contributed by atoms with E-state index in [1.165, 1.54) is 11.1 Å². The third kappa shape index (κ3) is 4.72. The van der Waals surface area contributed by atoms with E-state index < -0.39 is 0 Å². The minimum Gasteiger partial charge on any atom is -0.362 e. The molecule has 2 rings (SSSR count). The number of hydrogen-bond acceptors (Lipinski definition) is 3. The molecule has 1 aromatic carbocycles. The van der Waals surface area contributed by atoms with Crippen molar-refractivity contribution >= 4 is 12.1 Å². The van der Waals surface area contributed by atoms with Crippen molar-refractivity contribution in [2.45, 2.75) is 33.1 Å². The smallest absolute Gasteiger partial charge is 0.209 e. The Kier molecular flexibility index (Phi) is 5.75. The summed E-state index contributed by atoms with van der Waals surface area (Å²) >= 11 is 0. The van der Waals surface area contributed by atoms with Gasteiger partial charge in [0.15, 0.2) is 0 Å². The number of rotatable bonds is 6. The van der Waals surface area contributed by atoms with E-state index in [1.807, 2.05) is 6.92 Å². The number of amides is 1. The second-order valence-electron chi connectivity index (χ2n) is 5.96. The lowest BCUT2D eigenvalue weighted by Gasteiger charge is -2.29. The molecule has 0 saturated carbocycles. The Morgan fingerprint density at radius 2 is 2.00 bits per heavy atom. The lowest BCUT2D eigenvalue weighted by Crippen LogP contribution is -2.33. The number of carbonyl (C=O) groups excluding carboxylic acids is 1. The summed E-state index contributed by atoms with van der Waals surface area (Å²) in [6, 6.07) is 8.42. The van der Waals surface area contributed by atoms with E-state index in [0.717, 1.165) is 44.5 Å². The van der Waals surface area contributed by atoms with Gasteiger partial charge in [0.25, 0.3) is 0 Å². The molecule has 0 aliphatic carbocycles. The number of nitrogens with zero attached hydrogens (tertiary/aromatic N) is 2. The fraction of sp³-hybridized carbons (Fsp3) is 0.444. The van der Waals surface area contributed by atoms with Gasteiger partial charge in [0.2, 0.25) is 6.41 Å². The van der Waals surface area contributed by atoms with Gasteiger partial charge in [-0.15, -0.1) is 0 Å². The predicted molar refractivity (Wildman–Crippen MR) is 88.6 cm³/mol. The first-order valence-corrected chi connectivity index (χ1v) is 7.72. The Labute approximate surface area is 132 Å². The van der Waals surface area contributed by atoms with E-state index in [1.54, 1.807) is 4.90 Å². The highest BCUT2D eigenvalue weighted by molar-refractivity contribution is 5.83. The van der Waals surface area contributed by atoms with Gasteiger partial charge in [-0.2, -0.15) is 0 Å². The minimum atomic E-state index is 0.284. The molecule has 1 saturated heterocycles. The summed E-state index contributed by atoms with van der Waals surface area (Å²) in [6.45, 7) is 9.55. The standard InChI is InChI=1S/C18H24N2O2/c1-14-4-6-17(7-5-14)12-15(2)19-22-16(3)18-8-10-20(13-21)11-9-18/h4-7,13,18H,3,8-12H2,1-2H3/b19-15+. The van der Waals surface area contributed by atoms with Crippen LogP contribution in [0.2, 0.25) is 0 Å². The molecule has 0 aromatic heterocycles. The number of oxime groups is 1. The zero-order chi connectivity index (χ0) is 15.9. The fourth-order valence-electron chi connectivity index (χ4n) is 2.57. The summed E-state index contributed by atoms with van der Waals surface area (Å²) in [4.78, 5) is 18.0. The Hall–Kier alpha value is -2.10. The minimum absolute atomic E-state index is 0.284. The van der Waals surface area contributed by atoms with Crippen molar-refractivity contribution in [3.63, 3.8) is 0 Å². The van der Waals surface area contributed by atoms with Gasteiger partial charge in [-0.25, -0.2) is 0 Å². The van der Waals surface area contributed by atoms with E-state index in [9.17, 15) is 4.79 Å². The summed E-state index contributed by atoms with van der Waals surface area (Å²) in [6.07, 6.45) is 3.47. The lowest BCUT2D eigenvalue weighted by atomic mass is 9.96. The van der Waals surface area contributed by atoms with Crippen LogP contribution in [0.25, 0.3) is 0 Å². The monoisotopic (exact) mass is 300 g/mol. The van der Waals surface area contributed by atoms with Crippen LogP contribution in [0, 0.1) is 12.8 Å². The number of carbonyl (C=O) groups is 1. The normalized spacial score (nSPS) is 16.5. The number of hydrogen-bond donors (Lipinski definition) is 0. The second kappa shape index (κ2) is 7.78. The molecule has 0 N–H and O–H groups in total. The zero-order valence-electron chi connectivity index (χ0n) is 13.4. The summed E-state index contributed by atoms with van der Waals surface area (Å²) in [5.74, 6) is 0.987. The molecular weight excluding hydrogens is 276 g/mol. The molecule has 0 bridgehead atoms. The van der Waals surface area contributed by atoms with Crippen molar-refractivity contribution in [1.29, 1.82) is 0 Å². The highest BCUT2D eigenvalue weighted by Gasteiger charge is 2.21. The molecule has 0 atom stereocenters. The van der Waals surface area contributed by atoms with Gasteiger partial charge in [0.1, 0.15) is 5.76 Å². The van der Waals surface area contributed by atoms with Gasteiger partial charge < -0.3 is 9.74 Å². The van der Waals surface area contributed by atoms with Crippen molar-refractivity contribution in [2.24, 2.45) is 11.1 Å². The first-order chi connectivity index (χ1) is 10.6. The van der Waals surface area contributed by atoms with Gasteiger partial charge >= 0.3 is 0 Å². The summed E-state index contributed by atoms with van der Waals surface area (Å²) in [5, 5.41) is 4.19. The molecule has 0 unspecified atom stereocenters. The summed E-state index contributed by atoms with van der Waals surface area (Å²) in [5.41, 5.74) is 3.40. The van der Waals surface area contributed by atoms with Crippen molar-refractivity contribution in [1.82, 2.24) is 4.90 Å². The van der Waals surface area contributed by atoms with Crippen molar-refractivity contribution in [3.8, 4) is 0 Å². The Bertz CT molecular complexity index is 541. The molecule has 1 fully saturated rings. The van der Waals surface area contributed by atoms with Crippen molar-refractivity contribution in [3.05, 3.63) is 47.7 Å². The van der Waals surface area contributed by atoms with Crippen LogP contribution in [0.4, 0.5) is 0 Å². The molecule has 1 amide bonds. The molecule has 118 valence electrons. The first kappa shape index (κ1) is 16.3. The molecule has 0 spiro atoms. The van der Waals surface area contributed by atoms with Crippen molar-refractivity contribution in [2.75, 3.05) is 13.1 Å². The quantitative estimate of drug-likeness (QED) is 0.350. The van der Waals surface area contributed by atoms with Gasteiger partial charge in [0, 0.05) is 25.4 Å². The van der Waals surface area contributed by atoms with Crippen LogP contribution in [0.15, 0.2) is 41.8 Å². The van der Waals surface area contributed by atoms with Crippen LogP contribution < -0.4 is 0 Å². The van der Waals surface area contributed by atoms with E-state index in [4.69, 9.17) is 4.84 Å². The van der Waals surface area contributed by atoms with E-state index in [-0.39, 0.29) is 5.92 Å². The molecule has 22 heavy (non-hydrogen) atoms. The molecule has 4 heteroatoms. The summed E-state index contributed by atoms with van der Waals surface area (Å²) < 4.78 is 0. The molecule has 1 aliphatic heterocycles. The molecular formula is C18H24N2O2. The maximum atomic E-state index is 10.7. The zero-order valence-corrected chi connectivity index (χ0v) is 13.4. The molecule has 0 radical (unpaired) electrons. The highest BCUT2D eigenvalue weighted by Crippen LogP contribution is 2.24. The predicted octanol–water partition coefficient (Wildman–Crippen LogP) is 3.31. The maximum absolute atomic E-state index is 10.7. The third-order valence-corrected chi connectivity index (χ3v) is 4.03. The van der Waals surface area contributed by atoms with Gasteiger partial charge in [-0.3, -0.25) is 4.79 Å². The van der Waals surface area contributed by atoms with Crippen LogP contribution in [0.3, 0.4) is 0 Å². The van der Waals surface area contributed by atoms with E-state index in [2.05, 4.69) is 42.9 Å². The number of likely N-dealkylation sites (tertiary alicyclic amines) is 1. The average molecular weight is 300 g/mol. The lowest BCUT2D eigenvalue weighted by molar-refractivity contribution is -0.119. The van der Waals surface area contributed by atoms with Gasteiger partial charge in [-0.05, 0) is 32.3 Å².